The number of aliphatic hydroxyl groups is 1. The molecule has 132 valence electrons. The topological polar surface area (TPSA) is 46.2 Å². The molecule has 0 aromatic heterocycles. The van der Waals surface area contributed by atoms with Crippen molar-refractivity contribution in [1.29, 1.82) is 0 Å². The summed E-state index contributed by atoms with van der Waals surface area (Å²) in [6.45, 7) is 8.56. The van der Waals surface area contributed by atoms with Crippen LogP contribution in [0.3, 0.4) is 0 Å². The Morgan fingerprint density at radius 2 is 2.04 bits per heavy atom. The zero-order valence-corrected chi connectivity index (χ0v) is 15.4. The van der Waals surface area contributed by atoms with Crippen molar-refractivity contribution in [3.05, 3.63) is 47.1 Å². The summed E-state index contributed by atoms with van der Waals surface area (Å²) in [4.78, 5) is 0. The molecule has 2 nitrogen and oxygen atoms in total. The lowest BCUT2D eigenvalue weighted by molar-refractivity contribution is 0.158. The molecule has 24 heavy (non-hydrogen) atoms. The predicted molar refractivity (Wildman–Crippen MR) is 102 cm³/mol. The average Bonchev–Trinajstić information content (AvgIpc) is 2.92. The second kappa shape index (κ2) is 7.01. The maximum atomic E-state index is 9.92. The molecule has 3 saturated carbocycles. The lowest BCUT2D eigenvalue weighted by Crippen LogP contribution is -2.51. The van der Waals surface area contributed by atoms with E-state index in [1.165, 1.54) is 48.0 Å². The van der Waals surface area contributed by atoms with E-state index in [0.29, 0.717) is 11.8 Å². The molecule has 3 rings (SSSR count). The van der Waals surface area contributed by atoms with Gasteiger partial charge in [-0.2, -0.15) is 0 Å². The molecule has 3 aliphatic carbocycles. The van der Waals surface area contributed by atoms with Gasteiger partial charge in [0.1, 0.15) is 0 Å². The Hall–Kier alpha value is -1.12. The molecule has 0 aliphatic heterocycles. The summed E-state index contributed by atoms with van der Waals surface area (Å²) in [6.07, 6.45) is 15.1. The van der Waals surface area contributed by atoms with Gasteiger partial charge in [0.05, 0.1) is 6.10 Å². The molecule has 3 N–H and O–H groups in total. The van der Waals surface area contributed by atoms with Crippen LogP contribution in [0, 0.1) is 11.8 Å². The van der Waals surface area contributed by atoms with Crippen molar-refractivity contribution in [1.82, 2.24) is 0 Å². The first kappa shape index (κ1) is 17.7. The first-order chi connectivity index (χ1) is 11.5. The van der Waals surface area contributed by atoms with E-state index in [1.54, 1.807) is 0 Å². The Morgan fingerprint density at radius 1 is 1.25 bits per heavy atom. The monoisotopic (exact) mass is 327 g/mol. The second-order valence-corrected chi connectivity index (χ2v) is 8.11. The van der Waals surface area contributed by atoms with Crippen molar-refractivity contribution in [2.45, 2.75) is 76.9 Å². The van der Waals surface area contributed by atoms with Gasteiger partial charge >= 0.3 is 0 Å². The van der Waals surface area contributed by atoms with E-state index in [1.807, 2.05) is 0 Å². The highest BCUT2D eigenvalue weighted by Crippen LogP contribution is 2.52. The lowest BCUT2D eigenvalue weighted by Gasteiger charge is -2.42. The number of hydrogen-bond acceptors (Lipinski definition) is 2. The van der Waals surface area contributed by atoms with Crippen molar-refractivity contribution in [2.24, 2.45) is 17.6 Å². The fourth-order valence-electron chi connectivity index (χ4n) is 5.21. The van der Waals surface area contributed by atoms with Gasteiger partial charge in [0, 0.05) is 5.54 Å². The quantitative estimate of drug-likeness (QED) is 0.715. The molecule has 0 amide bonds. The van der Waals surface area contributed by atoms with Crippen LogP contribution < -0.4 is 5.73 Å². The summed E-state index contributed by atoms with van der Waals surface area (Å²) in [5.74, 6) is 1.06. The standard InChI is InChI=1S/C22H33NO/c1-4-15(2)20-11-12-21-17(6-5-13-22(20,21)23)8-9-18-14-19(24)10-7-16(18)3/h4,8-9,19-21,24H,3,5-7,10-14,23H2,1-2H3/b15-4-,17-8+,18-9-/t19-,20?,21?,22?/m0/s1. The largest absolute Gasteiger partial charge is 0.393 e. The van der Waals surface area contributed by atoms with Gasteiger partial charge in [0.25, 0.3) is 0 Å². The molecule has 3 unspecified atom stereocenters. The Bertz CT molecular complexity index is 597. The molecule has 4 atom stereocenters. The van der Waals surface area contributed by atoms with Crippen molar-refractivity contribution in [3.8, 4) is 0 Å². The summed E-state index contributed by atoms with van der Waals surface area (Å²) >= 11 is 0. The summed E-state index contributed by atoms with van der Waals surface area (Å²) in [5, 5.41) is 9.92. The van der Waals surface area contributed by atoms with Crippen LogP contribution >= 0.6 is 0 Å². The molecular weight excluding hydrogens is 294 g/mol. The van der Waals surface area contributed by atoms with Gasteiger partial charge in [-0.25, -0.2) is 0 Å². The summed E-state index contributed by atoms with van der Waals surface area (Å²) < 4.78 is 0. The second-order valence-electron chi connectivity index (χ2n) is 8.11. The Labute approximate surface area is 147 Å². The summed E-state index contributed by atoms with van der Waals surface area (Å²) in [5.41, 5.74) is 12.3. The Morgan fingerprint density at radius 3 is 2.79 bits per heavy atom. The third-order valence-electron chi connectivity index (χ3n) is 6.76. The van der Waals surface area contributed by atoms with Gasteiger partial charge in [0.2, 0.25) is 0 Å². The lowest BCUT2D eigenvalue weighted by atomic mass is 9.67. The number of nitrogens with two attached hydrogens (primary N) is 1. The molecule has 0 aromatic carbocycles. The van der Waals surface area contributed by atoms with Gasteiger partial charge in [-0.15, -0.1) is 0 Å². The minimum Gasteiger partial charge on any atom is -0.393 e. The van der Waals surface area contributed by atoms with E-state index in [-0.39, 0.29) is 11.6 Å². The molecule has 3 fully saturated rings. The number of rotatable bonds is 2. The molecule has 0 radical (unpaired) electrons. The van der Waals surface area contributed by atoms with Crippen LogP contribution in [-0.2, 0) is 0 Å². The highest BCUT2D eigenvalue weighted by atomic mass is 16.3. The van der Waals surface area contributed by atoms with E-state index >= 15 is 0 Å². The zero-order chi connectivity index (χ0) is 17.3. The average molecular weight is 328 g/mol. The molecule has 3 aliphatic rings. The van der Waals surface area contributed by atoms with Crippen LogP contribution in [0.4, 0.5) is 0 Å². The van der Waals surface area contributed by atoms with Gasteiger partial charge in [0.15, 0.2) is 0 Å². The first-order valence-electron chi connectivity index (χ1n) is 9.63. The van der Waals surface area contributed by atoms with Crippen LogP contribution in [0.15, 0.2) is 47.1 Å². The molecule has 0 saturated heterocycles. The van der Waals surface area contributed by atoms with E-state index in [2.05, 4.69) is 38.7 Å². The maximum absolute atomic E-state index is 9.92. The summed E-state index contributed by atoms with van der Waals surface area (Å²) in [7, 11) is 0. The normalized spacial score (nSPS) is 41.1. The summed E-state index contributed by atoms with van der Waals surface area (Å²) in [6, 6.07) is 0. The fourth-order valence-corrected chi connectivity index (χ4v) is 5.21. The number of hydrogen-bond donors (Lipinski definition) is 2. The Kier molecular flexibility index (Phi) is 5.17. The smallest absolute Gasteiger partial charge is 0.0583 e. The molecule has 0 spiro atoms. The van der Waals surface area contributed by atoms with Crippen LogP contribution in [0.25, 0.3) is 0 Å². The van der Waals surface area contributed by atoms with Gasteiger partial charge in [-0.1, -0.05) is 41.5 Å². The number of fused-ring (bicyclic) bond motifs is 1. The van der Waals surface area contributed by atoms with E-state index in [4.69, 9.17) is 5.73 Å². The van der Waals surface area contributed by atoms with Crippen molar-refractivity contribution in [3.63, 3.8) is 0 Å². The van der Waals surface area contributed by atoms with Gasteiger partial charge in [-0.3, -0.25) is 0 Å². The fraction of sp³-hybridized carbons (Fsp3) is 0.636. The van der Waals surface area contributed by atoms with Crippen LogP contribution in [0.5, 0.6) is 0 Å². The van der Waals surface area contributed by atoms with Crippen LogP contribution in [-0.4, -0.2) is 16.7 Å². The van der Waals surface area contributed by atoms with E-state index in [9.17, 15) is 5.11 Å². The minimum absolute atomic E-state index is 0.0533. The molecular formula is C22H33NO. The van der Waals surface area contributed by atoms with Crippen molar-refractivity contribution >= 4 is 0 Å². The molecule has 0 aromatic rings. The highest BCUT2D eigenvalue weighted by Gasteiger charge is 2.50. The van der Waals surface area contributed by atoms with E-state index in [0.717, 1.165) is 25.7 Å². The van der Waals surface area contributed by atoms with Gasteiger partial charge < -0.3 is 10.8 Å². The van der Waals surface area contributed by atoms with Crippen LogP contribution in [0.1, 0.15) is 65.2 Å². The van der Waals surface area contributed by atoms with E-state index < -0.39 is 0 Å². The third-order valence-corrected chi connectivity index (χ3v) is 6.76. The van der Waals surface area contributed by atoms with Gasteiger partial charge in [-0.05, 0) is 82.6 Å². The molecule has 0 bridgehead atoms. The SMILES string of the molecule is C=C1CC[C@H](O)C/C1=C/C=C1\CCCC2(N)C(/C(C)=C\C)CCC12. The van der Waals surface area contributed by atoms with Crippen molar-refractivity contribution < 1.29 is 5.11 Å². The maximum Gasteiger partial charge on any atom is 0.0583 e. The molecule has 2 heteroatoms. The third kappa shape index (κ3) is 3.19. The number of aliphatic hydroxyl groups excluding tert-OH is 1. The first-order valence-corrected chi connectivity index (χ1v) is 9.63. The van der Waals surface area contributed by atoms with Crippen molar-refractivity contribution in [2.75, 3.05) is 0 Å². The highest BCUT2D eigenvalue weighted by molar-refractivity contribution is 5.37. The molecule has 0 heterocycles. The Balaban J connectivity index is 1.83. The van der Waals surface area contributed by atoms with Crippen LogP contribution in [0.2, 0.25) is 0 Å². The number of allylic oxidation sites excluding steroid dienone is 4. The predicted octanol–water partition coefficient (Wildman–Crippen LogP) is 4.81. The zero-order valence-electron chi connectivity index (χ0n) is 15.4. The minimum atomic E-state index is -0.201.